The Morgan fingerprint density at radius 1 is 1.43 bits per heavy atom. The fraction of sp³-hybridized carbons (Fsp3) is 0.364. The van der Waals surface area contributed by atoms with E-state index in [2.05, 4.69) is 15.1 Å². The Hall–Kier alpha value is -1.55. The van der Waals surface area contributed by atoms with Crippen LogP contribution in [0.4, 0.5) is 13.2 Å². The summed E-state index contributed by atoms with van der Waals surface area (Å²) in [6, 6.07) is 0. The van der Waals surface area contributed by atoms with E-state index in [-0.39, 0.29) is 10.1 Å². The molecule has 0 spiro atoms. The molecule has 0 radical (unpaired) electrons. The molecule has 1 unspecified atom stereocenters. The van der Waals surface area contributed by atoms with Gasteiger partial charge in [0.25, 0.3) is 0 Å². The largest absolute Gasteiger partial charge is 0.339 e. The first-order valence-electron chi connectivity index (χ1n) is 5.88. The summed E-state index contributed by atoms with van der Waals surface area (Å²) in [5, 5.41) is 3.75. The summed E-state index contributed by atoms with van der Waals surface area (Å²) in [5.41, 5.74) is 0. The van der Waals surface area contributed by atoms with Crippen LogP contribution in [0.15, 0.2) is 27.0 Å². The second-order valence-corrected chi connectivity index (χ2v) is 6.60. The highest BCUT2D eigenvalue weighted by Gasteiger charge is 2.16. The highest BCUT2D eigenvalue weighted by molar-refractivity contribution is 7.87. The van der Waals surface area contributed by atoms with E-state index in [1.165, 1.54) is 6.20 Å². The van der Waals surface area contributed by atoms with Crippen molar-refractivity contribution in [1.82, 2.24) is 15.1 Å². The van der Waals surface area contributed by atoms with Gasteiger partial charge in [-0.15, -0.1) is 11.3 Å². The maximum atomic E-state index is 12.7. The smallest absolute Gasteiger partial charge is 0.301 e. The number of hydrogen-bond acceptors (Lipinski definition) is 6. The Bertz CT molecular complexity index is 680. The molecule has 1 atom stereocenters. The van der Waals surface area contributed by atoms with Crippen molar-refractivity contribution in [3.05, 3.63) is 24.0 Å². The molecule has 0 aliphatic carbocycles. The van der Waals surface area contributed by atoms with Crippen LogP contribution < -0.4 is 0 Å². The summed E-state index contributed by atoms with van der Waals surface area (Å²) in [6.07, 6.45) is -0.966. The summed E-state index contributed by atoms with van der Waals surface area (Å²) < 4.78 is 53.5. The molecule has 114 valence electrons. The Balaban J connectivity index is 2.05. The van der Waals surface area contributed by atoms with Gasteiger partial charge in [0.05, 0.1) is 21.9 Å². The van der Waals surface area contributed by atoms with E-state index in [1.807, 2.05) is 6.92 Å². The first-order valence-corrected chi connectivity index (χ1v) is 8.01. The molecule has 0 N–H and O–H groups in total. The monoisotopic (exact) mass is 337 g/mol. The van der Waals surface area contributed by atoms with Crippen LogP contribution in [0.3, 0.4) is 0 Å². The first kappa shape index (κ1) is 15.8. The van der Waals surface area contributed by atoms with Gasteiger partial charge < -0.3 is 4.52 Å². The Kier molecular flexibility index (Phi) is 5.23. The molecule has 10 heteroatoms. The van der Waals surface area contributed by atoms with Crippen molar-refractivity contribution in [2.75, 3.05) is 5.75 Å². The molecule has 0 saturated carbocycles. The van der Waals surface area contributed by atoms with Crippen LogP contribution >= 0.6 is 11.3 Å². The summed E-state index contributed by atoms with van der Waals surface area (Å²) in [5.74, 6) is -1.02. The van der Waals surface area contributed by atoms with E-state index in [9.17, 15) is 17.4 Å². The van der Waals surface area contributed by atoms with Crippen LogP contribution in [0, 0.1) is 0 Å². The second-order valence-electron chi connectivity index (χ2n) is 3.82. The lowest BCUT2D eigenvalue weighted by atomic mass is 10.4. The molecule has 2 aromatic heterocycles. The molecule has 2 heterocycles. The van der Waals surface area contributed by atoms with Gasteiger partial charge in [-0.2, -0.15) is 13.8 Å². The average molecular weight is 337 g/mol. The maximum Gasteiger partial charge on any atom is 0.301 e. The van der Waals surface area contributed by atoms with Gasteiger partial charge in [0.15, 0.2) is 10.2 Å². The topological polar surface area (TPSA) is 68.9 Å². The van der Waals surface area contributed by atoms with E-state index >= 15 is 0 Å². The molecule has 21 heavy (non-hydrogen) atoms. The molecule has 0 aliphatic rings. The van der Waals surface area contributed by atoms with Crippen molar-refractivity contribution in [2.45, 2.75) is 24.1 Å². The van der Waals surface area contributed by atoms with Crippen LogP contribution in [0.25, 0.3) is 10.7 Å². The molecule has 0 saturated heterocycles. The third kappa shape index (κ3) is 3.97. The number of halogens is 3. The van der Waals surface area contributed by atoms with Crippen LogP contribution in [0.5, 0.6) is 0 Å². The summed E-state index contributed by atoms with van der Waals surface area (Å²) in [4.78, 5) is 8.57. The molecule has 0 fully saturated rings. The van der Waals surface area contributed by atoms with E-state index < -0.39 is 29.1 Å². The lowest BCUT2D eigenvalue weighted by molar-refractivity contribution is 0.373. The molecule has 0 aromatic carbocycles. The maximum absolute atomic E-state index is 12.7. The van der Waals surface area contributed by atoms with Gasteiger partial charge in [-0.3, -0.25) is 4.21 Å². The fourth-order valence-electron chi connectivity index (χ4n) is 1.33. The third-order valence-electron chi connectivity index (χ3n) is 2.38. The van der Waals surface area contributed by atoms with Crippen LogP contribution in [-0.4, -0.2) is 25.1 Å². The zero-order valence-electron chi connectivity index (χ0n) is 10.8. The molecule has 0 amide bonds. The summed E-state index contributed by atoms with van der Waals surface area (Å²) >= 11 is 1.06. The van der Waals surface area contributed by atoms with Crippen LogP contribution in [-0.2, 0) is 17.2 Å². The number of aryl methyl sites for hydroxylation is 1. The van der Waals surface area contributed by atoms with Gasteiger partial charge in [-0.1, -0.05) is 12.1 Å². The number of rotatable bonds is 6. The van der Waals surface area contributed by atoms with E-state index in [1.54, 1.807) is 0 Å². The number of allylic oxidation sites excluding steroid dienone is 1. The van der Waals surface area contributed by atoms with Crippen molar-refractivity contribution in [3.8, 4) is 10.7 Å². The highest BCUT2D eigenvalue weighted by atomic mass is 32.2. The van der Waals surface area contributed by atoms with Gasteiger partial charge in [0.1, 0.15) is 0 Å². The quantitative estimate of drug-likeness (QED) is 0.809. The summed E-state index contributed by atoms with van der Waals surface area (Å²) in [6.45, 7) is 1.86. The minimum Gasteiger partial charge on any atom is -0.339 e. The molecular weight excluding hydrogens is 327 g/mol. The standard InChI is InChI=1S/C11H10F3N3O2S2/c1-2-8-16-10(17-19-8)7-5-15-11(20-7)21(18)4-3-6(12)9(13)14/h5H,2-4H2,1H3. The van der Waals surface area contributed by atoms with Crippen molar-refractivity contribution in [3.63, 3.8) is 0 Å². The minimum atomic E-state index is -2.38. The zero-order chi connectivity index (χ0) is 15.4. The van der Waals surface area contributed by atoms with E-state index in [0.717, 1.165) is 11.3 Å². The predicted octanol–water partition coefficient (Wildman–Crippen LogP) is 3.33. The average Bonchev–Trinajstić information content (AvgIpc) is 3.11. The lowest BCUT2D eigenvalue weighted by Crippen LogP contribution is -1.98. The molecule has 2 rings (SSSR count). The number of aromatic nitrogens is 3. The van der Waals surface area contributed by atoms with Crippen molar-refractivity contribution in [1.29, 1.82) is 0 Å². The molecule has 5 nitrogen and oxygen atoms in total. The zero-order valence-corrected chi connectivity index (χ0v) is 12.4. The Labute approximate surface area is 124 Å². The highest BCUT2D eigenvalue weighted by Crippen LogP contribution is 2.26. The Morgan fingerprint density at radius 2 is 2.19 bits per heavy atom. The predicted molar refractivity (Wildman–Crippen MR) is 71.0 cm³/mol. The number of thiazole rings is 1. The van der Waals surface area contributed by atoms with Gasteiger partial charge in [-0.25, -0.2) is 9.37 Å². The normalized spacial score (nSPS) is 12.4. The van der Waals surface area contributed by atoms with Crippen LogP contribution in [0.1, 0.15) is 19.2 Å². The van der Waals surface area contributed by atoms with Crippen molar-refractivity contribution >= 4 is 22.1 Å². The number of nitrogens with zero attached hydrogens (tertiary/aromatic N) is 3. The SMILES string of the molecule is CCc1nc(-c2cnc(S(=O)CCC(F)=C(F)F)s2)no1. The minimum absolute atomic E-state index is 0.208. The molecule has 0 bridgehead atoms. The lowest BCUT2D eigenvalue weighted by Gasteiger charge is -1.96. The molecular formula is C11H10F3N3O2S2. The third-order valence-corrected chi connectivity index (χ3v) is 5.05. The molecule has 2 aromatic rings. The Morgan fingerprint density at radius 3 is 2.81 bits per heavy atom. The fourth-order valence-corrected chi connectivity index (χ4v) is 3.50. The van der Waals surface area contributed by atoms with Crippen LogP contribution in [0.2, 0.25) is 0 Å². The van der Waals surface area contributed by atoms with Crippen molar-refractivity contribution < 1.29 is 21.9 Å². The second kappa shape index (κ2) is 6.94. The number of hydrogen-bond donors (Lipinski definition) is 0. The molecule has 0 aliphatic heterocycles. The van der Waals surface area contributed by atoms with Gasteiger partial charge >= 0.3 is 6.08 Å². The van der Waals surface area contributed by atoms with Crippen molar-refractivity contribution in [2.24, 2.45) is 0 Å². The summed E-state index contributed by atoms with van der Waals surface area (Å²) in [7, 11) is -1.65. The van der Waals surface area contributed by atoms with Gasteiger partial charge in [0.2, 0.25) is 11.7 Å². The van der Waals surface area contributed by atoms with Gasteiger partial charge in [0, 0.05) is 18.6 Å². The van der Waals surface area contributed by atoms with E-state index in [4.69, 9.17) is 4.52 Å². The van der Waals surface area contributed by atoms with E-state index in [0.29, 0.717) is 23.0 Å². The first-order chi connectivity index (χ1) is 10.0. The van der Waals surface area contributed by atoms with Gasteiger partial charge in [-0.05, 0) is 0 Å².